The molecule has 3 rings (SSSR count). The van der Waals surface area contributed by atoms with Gasteiger partial charge >= 0.3 is 0 Å². The summed E-state index contributed by atoms with van der Waals surface area (Å²) in [6, 6.07) is 11.4. The first kappa shape index (κ1) is 15.8. The van der Waals surface area contributed by atoms with E-state index < -0.39 is 0 Å². The molecule has 0 radical (unpaired) electrons. The molecule has 0 aliphatic heterocycles. The quantitative estimate of drug-likeness (QED) is 0.698. The predicted octanol–water partition coefficient (Wildman–Crippen LogP) is 4.54. The Hall–Kier alpha value is -2.05. The Morgan fingerprint density at radius 3 is 2.87 bits per heavy atom. The number of hydrogen-bond donors (Lipinski definition) is 1. The fourth-order valence-corrected chi connectivity index (χ4v) is 3.29. The first-order chi connectivity index (χ1) is 11.2. The zero-order chi connectivity index (χ0) is 16.1. The zero-order valence-corrected chi connectivity index (χ0v) is 14.6. The van der Waals surface area contributed by atoms with E-state index in [9.17, 15) is 4.79 Å². The molecule has 0 saturated heterocycles. The predicted molar refractivity (Wildman–Crippen MR) is 96.4 cm³/mol. The first-order valence-electron chi connectivity index (χ1n) is 7.11. The minimum Gasteiger partial charge on any atom is -0.325 e. The summed E-state index contributed by atoms with van der Waals surface area (Å²) in [5, 5.41) is 5.82. The number of nitrogens with one attached hydrogen (secondary N) is 1. The van der Waals surface area contributed by atoms with Gasteiger partial charge in [0.1, 0.15) is 5.01 Å². The Kier molecular flexibility index (Phi) is 5.15. The van der Waals surface area contributed by atoms with Gasteiger partial charge in [-0.25, -0.2) is 4.98 Å². The highest BCUT2D eigenvalue weighted by molar-refractivity contribution is 9.10. The maximum Gasteiger partial charge on any atom is 0.224 e. The van der Waals surface area contributed by atoms with Crippen molar-refractivity contribution >= 4 is 38.9 Å². The molecule has 0 bridgehead atoms. The number of rotatable bonds is 5. The highest BCUT2D eigenvalue weighted by atomic mass is 79.9. The lowest BCUT2D eigenvalue weighted by molar-refractivity contribution is -0.116. The van der Waals surface area contributed by atoms with Crippen molar-refractivity contribution in [2.24, 2.45) is 0 Å². The number of halogens is 1. The highest BCUT2D eigenvalue weighted by Gasteiger charge is 2.09. The maximum absolute atomic E-state index is 12.0. The Labute approximate surface area is 146 Å². The minimum absolute atomic E-state index is 0.0205. The van der Waals surface area contributed by atoms with Gasteiger partial charge in [-0.3, -0.25) is 9.78 Å². The molecule has 2 aromatic heterocycles. The van der Waals surface area contributed by atoms with E-state index in [1.165, 1.54) is 0 Å². The summed E-state index contributed by atoms with van der Waals surface area (Å²) < 4.78 is 0.876. The van der Waals surface area contributed by atoms with Gasteiger partial charge in [-0.1, -0.05) is 12.1 Å². The number of carbonyl (C=O) groups is 1. The second kappa shape index (κ2) is 7.48. The molecule has 4 nitrogen and oxygen atoms in total. The van der Waals surface area contributed by atoms with E-state index in [4.69, 9.17) is 0 Å². The van der Waals surface area contributed by atoms with Crippen LogP contribution in [0.3, 0.4) is 0 Å². The lowest BCUT2D eigenvalue weighted by Gasteiger charge is -2.06. The summed E-state index contributed by atoms with van der Waals surface area (Å²) in [7, 11) is 0. The summed E-state index contributed by atoms with van der Waals surface area (Å²) in [5.74, 6) is -0.0205. The molecule has 1 amide bonds. The van der Waals surface area contributed by atoms with Gasteiger partial charge in [0.2, 0.25) is 5.91 Å². The van der Waals surface area contributed by atoms with Gasteiger partial charge in [0.05, 0.1) is 11.4 Å². The molecular formula is C17H14BrN3OS. The standard InChI is InChI=1S/C17H14BrN3OS/c18-14-5-1-2-6-15(14)21-16(22)8-7-13-11-23-17(20-13)12-4-3-9-19-10-12/h1-6,9-11H,7-8H2,(H,21,22). The largest absolute Gasteiger partial charge is 0.325 e. The van der Waals surface area contributed by atoms with Crippen molar-refractivity contribution in [2.45, 2.75) is 12.8 Å². The van der Waals surface area contributed by atoms with Gasteiger partial charge in [0.25, 0.3) is 0 Å². The van der Waals surface area contributed by atoms with Crippen LogP contribution in [0.5, 0.6) is 0 Å². The summed E-state index contributed by atoms with van der Waals surface area (Å²) in [6.07, 6.45) is 4.55. The SMILES string of the molecule is O=C(CCc1csc(-c2cccnc2)n1)Nc1ccccc1Br. The average Bonchev–Trinajstić information content (AvgIpc) is 3.05. The van der Waals surface area contributed by atoms with E-state index >= 15 is 0 Å². The molecule has 0 unspecified atom stereocenters. The molecule has 116 valence electrons. The van der Waals surface area contributed by atoms with Crippen molar-refractivity contribution in [2.75, 3.05) is 5.32 Å². The summed E-state index contributed by atoms with van der Waals surface area (Å²) >= 11 is 4.99. The van der Waals surface area contributed by atoms with Crippen molar-refractivity contribution in [3.8, 4) is 10.6 Å². The van der Waals surface area contributed by atoms with Crippen LogP contribution in [0.2, 0.25) is 0 Å². The molecule has 2 heterocycles. The number of aromatic nitrogens is 2. The highest BCUT2D eigenvalue weighted by Crippen LogP contribution is 2.24. The van der Waals surface area contributed by atoms with Crippen molar-refractivity contribution in [1.29, 1.82) is 0 Å². The molecule has 6 heteroatoms. The molecular weight excluding hydrogens is 374 g/mol. The molecule has 0 spiro atoms. The number of nitrogens with zero attached hydrogens (tertiary/aromatic N) is 2. The number of aryl methyl sites for hydroxylation is 1. The van der Waals surface area contributed by atoms with Gasteiger partial charge < -0.3 is 5.32 Å². The molecule has 23 heavy (non-hydrogen) atoms. The smallest absolute Gasteiger partial charge is 0.224 e. The fourth-order valence-electron chi connectivity index (χ4n) is 2.06. The van der Waals surface area contributed by atoms with E-state index in [1.54, 1.807) is 23.7 Å². The third-order valence-electron chi connectivity index (χ3n) is 3.22. The van der Waals surface area contributed by atoms with Crippen molar-refractivity contribution in [3.05, 3.63) is 64.3 Å². The second-order valence-electron chi connectivity index (χ2n) is 4.91. The van der Waals surface area contributed by atoms with Gasteiger partial charge in [0, 0.05) is 34.2 Å². The van der Waals surface area contributed by atoms with Crippen molar-refractivity contribution in [1.82, 2.24) is 9.97 Å². The Bertz CT molecular complexity index is 804. The Balaban J connectivity index is 1.58. The van der Waals surface area contributed by atoms with E-state index in [2.05, 4.69) is 31.2 Å². The molecule has 0 fully saturated rings. The monoisotopic (exact) mass is 387 g/mol. The number of carbonyl (C=O) groups excluding carboxylic acids is 1. The lowest BCUT2D eigenvalue weighted by atomic mass is 10.2. The van der Waals surface area contributed by atoms with E-state index in [1.807, 2.05) is 41.8 Å². The fraction of sp³-hybridized carbons (Fsp3) is 0.118. The van der Waals surface area contributed by atoms with Crippen LogP contribution in [0.1, 0.15) is 12.1 Å². The van der Waals surface area contributed by atoms with Crippen molar-refractivity contribution in [3.63, 3.8) is 0 Å². The van der Waals surface area contributed by atoms with Crippen LogP contribution in [0.15, 0.2) is 58.6 Å². The van der Waals surface area contributed by atoms with E-state index in [-0.39, 0.29) is 5.91 Å². The van der Waals surface area contributed by atoms with Crippen LogP contribution < -0.4 is 5.32 Å². The topological polar surface area (TPSA) is 54.9 Å². The molecule has 0 aliphatic carbocycles. The Morgan fingerprint density at radius 1 is 1.22 bits per heavy atom. The van der Waals surface area contributed by atoms with Crippen LogP contribution in [0, 0.1) is 0 Å². The third kappa shape index (κ3) is 4.24. The average molecular weight is 388 g/mol. The zero-order valence-electron chi connectivity index (χ0n) is 12.2. The number of amides is 1. The number of benzene rings is 1. The summed E-state index contributed by atoms with van der Waals surface area (Å²) in [4.78, 5) is 20.7. The molecule has 1 aromatic carbocycles. The first-order valence-corrected chi connectivity index (χ1v) is 8.79. The second-order valence-corrected chi connectivity index (χ2v) is 6.63. The van der Waals surface area contributed by atoms with Crippen molar-refractivity contribution < 1.29 is 4.79 Å². The summed E-state index contributed by atoms with van der Waals surface area (Å²) in [6.45, 7) is 0. The number of hydrogen-bond acceptors (Lipinski definition) is 4. The van der Waals surface area contributed by atoms with Crippen LogP contribution in [-0.2, 0) is 11.2 Å². The lowest BCUT2D eigenvalue weighted by Crippen LogP contribution is -2.12. The summed E-state index contributed by atoms with van der Waals surface area (Å²) in [5.41, 5.74) is 2.71. The molecule has 1 N–H and O–H groups in total. The maximum atomic E-state index is 12.0. The minimum atomic E-state index is -0.0205. The van der Waals surface area contributed by atoms with Gasteiger partial charge in [-0.15, -0.1) is 11.3 Å². The number of pyridine rings is 1. The molecule has 0 atom stereocenters. The molecule has 3 aromatic rings. The van der Waals surface area contributed by atoms with E-state index in [0.717, 1.165) is 26.4 Å². The number of anilines is 1. The van der Waals surface area contributed by atoms with Crippen LogP contribution in [-0.4, -0.2) is 15.9 Å². The van der Waals surface area contributed by atoms with Gasteiger partial charge in [-0.2, -0.15) is 0 Å². The van der Waals surface area contributed by atoms with Crippen LogP contribution >= 0.6 is 27.3 Å². The number of thiazole rings is 1. The normalized spacial score (nSPS) is 10.5. The van der Waals surface area contributed by atoms with Crippen LogP contribution in [0.25, 0.3) is 10.6 Å². The van der Waals surface area contributed by atoms with Crippen LogP contribution in [0.4, 0.5) is 5.69 Å². The van der Waals surface area contributed by atoms with Gasteiger partial charge in [-0.05, 0) is 46.6 Å². The van der Waals surface area contributed by atoms with E-state index in [0.29, 0.717) is 12.8 Å². The number of para-hydroxylation sites is 1. The molecule has 0 aliphatic rings. The Morgan fingerprint density at radius 2 is 2.09 bits per heavy atom. The third-order valence-corrected chi connectivity index (χ3v) is 4.85. The van der Waals surface area contributed by atoms with Gasteiger partial charge in [0.15, 0.2) is 0 Å². The molecule has 0 saturated carbocycles.